The Balaban J connectivity index is 1.54. The predicted molar refractivity (Wildman–Crippen MR) is 102 cm³/mol. The zero-order chi connectivity index (χ0) is 19.5. The van der Waals surface area contributed by atoms with Gasteiger partial charge in [-0.25, -0.2) is 14.4 Å². The first-order valence-corrected chi connectivity index (χ1v) is 9.76. The van der Waals surface area contributed by atoms with Crippen LogP contribution in [-0.4, -0.2) is 46.1 Å². The molecule has 2 aromatic rings. The Labute approximate surface area is 164 Å². The molecule has 1 aromatic carbocycles. The van der Waals surface area contributed by atoms with E-state index in [0.717, 1.165) is 44.3 Å². The summed E-state index contributed by atoms with van der Waals surface area (Å²) in [4.78, 5) is 10.8. The average Bonchev–Trinajstić information content (AvgIpc) is 3.13. The molecule has 4 atom stereocenters. The molecule has 1 saturated carbocycles. The first-order valence-electron chi connectivity index (χ1n) is 9.76. The Kier molecular flexibility index (Phi) is 5.51. The van der Waals surface area contributed by atoms with Gasteiger partial charge in [0.1, 0.15) is 18.0 Å². The van der Waals surface area contributed by atoms with Crippen molar-refractivity contribution in [3.63, 3.8) is 0 Å². The second-order valence-electron chi connectivity index (χ2n) is 7.71. The van der Waals surface area contributed by atoms with Crippen molar-refractivity contribution in [1.82, 2.24) is 14.9 Å². The molecule has 1 saturated heterocycles. The second-order valence-corrected chi connectivity index (χ2v) is 7.71. The Hall–Kier alpha value is -2.56. The van der Waals surface area contributed by atoms with Crippen LogP contribution in [0.25, 0.3) is 0 Å². The van der Waals surface area contributed by atoms with Crippen LogP contribution < -0.4 is 10.5 Å². The summed E-state index contributed by atoms with van der Waals surface area (Å²) in [7, 11) is 0. The van der Waals surface area contributed by atoms with Gasteiger partial charge in [-0.3, -0.25) is 4.90 Å². The maximum atomic E-state index is 13.3. The van der Waals surface area contributed by atoms with E-state index in [9.17, 15) is 4.39 Å². The zero-order valence-corrected chi connectivity index (χ0v) is 15.7. The molecular weight excluding hydrogens is 357 g/mol. The molecule has 0 bridgehead atoms. The van der Waals surface area contributed by atoms with Gasteiger partial charge in [0.2, 0.25) is 0 Å². The number of nitrogens with zero attached hydrogens (tertiary/aromatic N) is 4. The Morgan fingerprint density at radius 2 is 1.93 bits per heavy atom. The van der Waals surface area contributed by atoms with E-state index >= 15 is 0 Å². The molecule has 2 N–H and O–H groups in total. The normalized spacial score (nSPS) is 28.0. The third kappa shape index (κ3) is 4.13. The van der Waals surface area contributed by atoms with Crippen LogP contribution in [0.4, 0.5) is 4.39 Å². The zero-order valence-electron chi connectivity index (χ0n) is 15.7. The topological polar surface area (TPSA) is 88.1 Å². The highest BCUT2D eigenvalue weighted by atomic mass is 19.1. The van der Waals surface area contributed by atoms with E-state index in [1.807, 2.05) is 18.2 Å². The summed E-state index contributed by atoms with van der Waals surface area (Å²) in [6, 6.07) is 9.44. The number of piperidine rings is 1. The van der Waals surface area contributed by atoms with Gasteiger partial charge < -0.3 is 10.5 Å². The Bertz CT molecular complexity index is 835. The van der Waals surface area contributed by atoms with Gasteiger partial charge in [0.25, 0.3) is 0 Å². The number of aromatic nitrogens is 2. The highest BCUT2D eigenvalue weighted by Crippen LogP contribution is 2.39. The van der Waals surface area contributed by atoms with Crippen molar-refractivity contribution in [2.75, 3.05) is 13.1 Å². The third-order valence-corrected chi connectivity index (χ3v) is 5.79. The molecule has 2 heterocycles. The van der Waals surface area contributed by atoms with E-state index in [-0.39, 0.29) is 35.9 Å². The van der Waals surface area contributed by atoms with Crippen LogP contribution in [0, 0.1) is 17.1 Å². The summed E-state index contributed by atoms with van der Waals surface area (Å²) in [6.07, 6.45) is 6.74. The third-order valence-electron chi connectivity index (χ3n) is 5.79. The van der Waals surface area contributed by atoms with E-state index in [0.29, 0.717) is 5.56 Å². The maximum absolute atomic E-state index is 13.3. The van der Waals surface area contributed by atoms with E-state index in [1.165, 1.54) is 24.5 Å². The van der Waals surface area contributed by atoms with E-state index < -0.39 is 0 Å². The molecule has 3 unspecified atom stereocenters. The number of nitriles is 1. The molecule has 6 nitrogen and oxygen atoms in total. The molecule has 0 amide bonds. The predicted octanol–water partition coefficient (Wildman–Crippen LogP) is 2.60. The first kappa shape index (κ1) is 18.8. The van der Waals surface area contributed by atoms with Crippen LogP contribution in [0.5, 0.6) is 6.01 Å². The fourth-order valence-corrected chi connectivity index (χ4v) is 4.41. The van der Waals surface area contributed by atoms with Gasteiger partial charge in [-0.1, -0.05) is 12.1 Å². The SMILES string of the molecule is N#Cc1cnc(OC2CC(c3ccc(F)cc3)CC2N2CCC[C@H](N)C2)nc1. The van der Waals surface area contributed by atoms with Gasteiger partial charge in [-0.05, 0) is 55.8 Å². The Morgan fingerprint density at radius 1 is 1.18 bits per heavy atom. The number of benzene rings is 1. The molecule has 1 aliphatic heterocycles. The summed E-state index contributed by atoms with van der Waals surface area (Å²) in [6.45, 7) is 1.86. The average molecular weight is 381 g/mol. The number of rotatable bonds is 4. The Morgan fingerprint density at radius 3 is 2.61 bits per heavy atom. The van der Waals surface area contributed by atoms with Crippen molar-refractivity contribution in [3.8, 4) is 12.1 Å². The monoisotopic (exact) mass is 381 g/mol. The van der Waals surface area contributed by atoms with Crippen molar-refractivity contribution in [2.24, 2.45) is 5.73 Å². The van der Waals surface area contributed by atoms with Gasteiger partial charge in [-0.15, -0.1) is 0 Å². The standard InChI is InChI=1S/C21H24FN5O/c22-17-5-3-15(4-6-17)16-8-19(27-7-1-2-18(24)13-27)20(9-16)28-21-25-11-14(10-23)12-26-21/h3-6,11-12,16,18-20H,1-2,7-9,13,24H2/t16?,18-,19?,20?/m0/s1. The molecule has 0 radical (unpaired) electrons. The van der Waals surface area contributed by atoms with E-state index in [4.69, 9.17) is 15.7 Å². The van der Waals surface area contributed by atoms with Gasteiger partial charge >= 0.3 is 6.01 Å². The molecule has 1 aliphatic carbocycles. The van der Waals surface area contributed by atoms with Crippen molar-refractivity contribution in [1.29, 1.82) is 5.26 Å². The molecule has 0 spiro atoms. The lowest BCUT2D eigenvalue weighted by atomic mass is 9.97. The van der Waals surface area contributed by atoms with Gasteiger partial charge in [0, 0.05) is 18.6 Å². The molecule has 2 fully saturated rings. The molecule has 4 rings (SSSR count). The number of hydrogen-bond acceptors (Lipinski definition) is 6. The van der Waals surface area contributed by atoms with Crippen LogP contribution in [0.2, 0.25) is 0 Å². The van der Waals surface area contributed by atoms with Gasteiger partial charge in [-0.2, -0.15) is 5.26 Å². The quantitative estimate of drug-likeness (QED) is 0.876. The summed E-state index contributed by atoms with van der Waals surface area (Å²) in [5, 5.41) is 8.91. The lowest BCUT2D eigenvalue weighted by Gasteiger charge is -2.37. The number of nitrogens with two attached hydrogens (primary N) is 1. The minimum absolute atomic E-state index is 0.0757. The summed E-state index contributed by atoms with van der Waals surface area (Å²) >= 11 is 0. The minimum atomic E-state index is -0.223. The lowest BCUT2D eigenvalue weighted by Crippen LogP contribution is -2.51. The fraction of sp³-hybridized carbons (Fsp3) is 0.476. The molecule has 146 valence electrons. The summed E-state index contributed by atoms with van der Waals surface area (Å²) < 4.78 is 19.5. The number of hydrogen-bond donors (Lipinski definition) is 1. The second kappa shape index (κ2) is 8.21. The van der Waals surface area contributed by atoms with Crippen LogP contribution in [-0.2, 0) is 0 Å². The molecule has 7 heteroatoms. The number of ether oxygens (including phenoxy) is 1. The minimum Gasteiger partial charge on any atom is -0.458 e. The van der Waals surface area contributed by atoms with Crippen molar-refractivity contribution >= 4 is 0 Å². The van der Waals surface area contributed by atoms with Crippen molar-refractivity contribution in [3.05, 3.63) is 53.6 Å². The molecular formula is C21H24FN5O. The fourth-order valence-electron chi connectivity index (χ4n) is 4.41. The number of likely N-dealkylation sites (tertiary alicyclic amines) is 1. The van der Waals surface area contributed by atoms with Gasteiger partial charge in [0.15, 0.2) is 0 Å². The van der Waals surface area contributed by atoms with Crippen LogP contribution in [0.3, 0.4) is 0 Å². The highest BCUT2D eigenvalue weighted by molar-refractivity contribution is 5.24. The van der Waals surface area contributed by atoms with Crippen LogP contribution >= 0.6 is 0 Å². The summed E-state index contributed by atoms with van der Waals surface area (Å²) in [5.74, 6) is 0.0613. The molecule has 2 aliphatic rings. The highest BCUT2D eigenvalue weighted by Gasteiger charge is 2.41. The summed E-state index contributed by atoms with van der Waals surface area (Å²) in [5.41, 5.74) is 7.73. The lowest BCUT2D eigenvalue weighted by molar-refractivity contribution is 0.0627. The maximum Gasteiger partial charge on any atom is 0.316 e. The number of halogens is 1. The van der Waals surface area contributed by atoms with Crippen LogP contribution in [0.15, 0.2) is 36.7 Å². The van der Waals surface area contributed by atoms with Crippen molar-refractivity contribution in [2.45, 2.75) is 49.8 Å². The van der Waals surface area contributed by atoms with Crippen molar-refractivity contribution < 1.29 is 9.13 Å². The largest absolute Gasteiger partial charge is 0.458 e. The first-order chi connectivity index (χ1) is 13.6. The smallest absolute Gasteiger partial charge is 0.316 e. The van der Waals surface area contributed by atoms with E-state index in [2.05, 4.69) is 14.9 Å². The van der Waals surface area contributed by atoms with Gasteiger partial charge in [0.05, 0.1) is 18.0 Å². The van der Waals surface area contributed by atoms with Crippen LogP contribution in [0.1, 0.15) is 42.7 Å². The molecule has 1 aromatic heterocycles. The van der Waals surface area contributed by atoms with E-state index in [1.54, 1.807) is 0 Å². The molecule has 28 heavy (non-hydrogen) atoms.